The summed E-state index contributed by atoms with van der Waals surface area (Å²) in [7, 11) is 0. The highest BCUT2D eigenvalue weighted by Gasteiger charge is 2.03. The van der Waals surface area contributed by atoms with Crippen molar-refractivity contribution >= 4 is 11.9 Å². The number of carboxylic acid groups (broad SMARTS) is 1. The highest BCUT2D eigenvalue weighted by Crippen LogP contribution is 2.22. The number of para-hydroxylation sites is 1. The lowest BCUT2D eigenvalue weighted by molar-refractivity contribution is -0.138. The van der Waals surface area contributed by atoms with E-state index in [1.54, 1.807) is 6.07 Å². The minimum atomic E-state index is -0.981. The predicted molar refractivity (Wildman–Crippen MR) is 145 cm³/mol. The molecule has 2 N–H and O–H groups in total. The predicted octanol–water partition coefficient (Wildman–Crippen LogP) is 7.05. The topological polar surface area (TPSA) is 93.1 Å². The van der Waals surface area contributed by atoms with Crippen LogP contribution in [0.4, 0.5) is 0 Å². The van der Waals surface area contributed by atoms with Crippen LogP contribution < -0.4 is 4.74 Å². The van der Waals surface area contributed by atoms with Gasteiger partial charge in [-0.15, -0.1) is 0 Å². The van der Waals surface area contributed by atoms with E-state index in [0.717, 1.165) is 29.9 Å². The van der Waals surface area contributed by atoms with Gasteiger partial charge in [0.15, 0.2) is 0 Å². The highest BCUT2D eigenvalue weighted by molar-refractivity contribution is 5.81. The minimum Gasteiger partial charge on any atom is -0.508 e. The Labute approximate surface area is 216 Å². The van der Waals surface area contributed by atoms with Gasteiger partial charge < -0.3 is 19.7 Å². The fourth-order valence-electron chi connectivity index (χ4n) is 3.15. The molecular formula is C30H42O6. The summed E-state index contributed by atoms with van der Waals surface area (Å²) >= 11 is 0. The smallest absolute Gasteiger partial charge is 0.330 e. The Morgan fingerprint density at radius 2 is 1.47 bits per heavy atom. The fraction of sp³-hybridized carbons (Fsp3) is 0.400. The van der Waals surface area contributed by atoms with E-state index in [1.165, 1.54) is 50.5 Å². The number of esters is 1. The number of hydrogen-bond acceptors (Lipinski definition) is 5. The van der Waals surface area contributed by atoms with Gasteiger partial charge in [0.25, 0.3) is 0 Å². The van der Waals surface area contributed by atoms with Crippen LogP contribution >= 0.6 is 0 Å². The standard InChI is InChI=1S/C16H26O.C11H12O3.C3H4O2/c1-3-4-5-6-7-8-9-12-15-14(2)11-10-13-16(15)17;1-2-11(12)14-9-8-13-10-6-4-3-5-7-10;1-2-3(4)5/h10-11,13,17H,3-9,12H2,1-2H3;2-7H,1,8-9H2;2H,1H2,(H,4,5). The zero-order chi connectivity index (χ0) is 27.0. The molecule has 0 fully saturated rings. The van der Waals surface area contributed by atoms with Crippen LogP contribution in [0.1, 0.15) is 63.0 Å². The lowest BCUT2D eigenvalue weighted by Crippen LogP contribution is -2.09. The molecule has 0 aliphatic heterocycles. The van der Waals surface area contributed by atoms with Crippen molar-refractivity contribution in [3.8, 4) is 11.5 Å². The molecule has 0 radical (unpaired) electrons. The summed E-state index contributed by atoms with van der Waals surface area (Å²) in [4.78, 5) is 19.9. The van der Waals surface area contributed by atoms with Crippen molar-refractivity contribution in [2.24, 2.45) is 0 Å². The van der Waals surface area contributed by atoms with E-state index < -0.39 is 11.9 Å². The number of phenols is 1. The minimum absolute atomic E-state index is 0.236. The first kappa shape index (κ1) is 32.5. The number of carboxylic acids is 1. The number of ether oxygens (including phenoxy) is 2. The Balaban J connectivity index is 0.000000581. The Morgan fingerprint density at radius 1 is 0.861 bits per heavy atom. The molecule has 0 saturated heterocycles. The summed E-state index contributed by atoms with van der Waals surface area (Å²) in [5.41, 5.74) is 2.36. The molecule has 2 rings (SSSR count). The van der Waals surface area contributed by atoms with E-state index >= 15 is 0 Å². The normalized spacial score (nSPS) is 9.50. The van der Waals surface area contributed by atoms with Crippen LogP contribution in [0.2, 0.25) is 0 Å². The summed E-state index contributed by atoms with van der Waals surface area (Å²) in [5, 5.41) is 17.4. The maximum Gasteiger partial charge on any atom is 0.330 e. The Morgan fingerprint density at radius 3 is 2.03 bits per heavy atom. The molecule has 0 amide bonds. The van der Waals surface area contributed by atoms with Gasteiger partial charge in [0.2, 0.25) is 0 Å². The van der Waals surface area contributed by atoms with E-state index in [2.05, 4.69) is 33.1 Å². The number of benzene rings is 2. The molecule has 36 heavy (non-hydrogen) atoms. The molecule has 0 saturated carbocycles. The molecule has 0 spiro atoms. The molecule has 6 nitrogen and oxygen atoms in total. The van der Waals surface area contributed by atoms with Crippen molar-refractivity contribution in [1.29, 1.82) is 0 Å². The van der Waals surface area contributed by atoms with Crippen LogP contribution in [0.5, 0.6) is 11.5 Å². The molecule has 0 heterocycles. The van der Waals surface area contributed by atoms with E-state index in [1.807, 2.05) is 36.4 Å². The zero-order valence-electron chi connectivity index (χ0n) is 21.8. The van der Waals surface area contributed by atoms with Gasteiger partial charge in [0, 0.05) is 12.2 Å². The Bertz CT molecular complexity index is 856. The summed E-state index contributed by atoms with van der Waals surface area (Å²) in [6, 6.07) is 15.1. The molecule has 2 aromatic carbocycles. The van der Waals surface area contributed by atoms with E-state index in [9.17, 15) is 14.7 Å². The van der Waals surface area contributed by atoms with Gasteiger partial charge in [-0.25, -0.2) is 9.59 Å². The number of aromatic hydroxyl groups is 1. The van der Waals surface area contributed by atoms with Crippen LogP contribution in [0, 0.1) is 6.92 Å². The van der Waals surface area contributed by atoms with Gasteiger partial charge in [-0.05, 0) is 49.1 Å². The Hall–Kier alpha value is -3.54. The second kappa shape index (κ2) is 22.0. The lowest BCUT2D eigenvalue weighted by atomic mass is 10.0. The average molecular weight is 499 g/mol. The molecule has 0 aliphatic rings. The number of phenolic OH excluding ortho intramolecular Hbond substituents is 1. The SMILES string of the molecule is C=CC(=O)O.C=CC(=O)OCCOc1ccccc1.CCCCCCCCCc1c(C)cccc1O. The molecule has 2 aromatic rings. The molecular weight excluding hydrogens is 456 g/mol. The maximum absolute atomic E-state index is 10.6. The second-order valence-electron chi connectivity index (χ2n) is 8.02. The van der Waals surface area contributed by atoms with Crippen LogP contribution in [-0.4, -0.2) is 35.4 Å². The van der Waals surface area contributed by atoms with Gasteiger partial charge in [0.05, 0.1) is 0 Å². The summed E-state index contributed by atoms with van der Waals surface area (Å²) in [5.74, 6) is -0.176. The fourth-order valence-corrected chi connectivity index (χ4v) is 3.15. The zero-order valence-corrected chi connectivity index (χ0v) is 21.8. The second-order valence-corrected chi connectivity index (χ2v) is 8.02. The van der Waals surface area contributed by atoms with Crippen molar-refractivity contribution in [2.75, 3.05) is 13.2 Å². The van der Waals surface area contributed by atoms with Crippen molar-refractivity contribution in [2.45, 2.75) is 65.2 Å². The van der Waals surface area contributed by atoms with Crippen molar-refractivity contribution in [3.63, 3.8) is 0 Å². The number of carbonyl (C=O) groups excluding carboxylic acids is 1. The number of carbonyl (C=O) groups is 2. The van der Waals surface area contributed by atoms with Gasteiger partial charge in [-0.3, -0.25) is 0 Å². The molecule has 0 atom stereocenters. The largest absolute Gasteiger partial charge is 0.508 e. The first-order valence-electron chi connectivity index (χ1n) is 12.5. The molecule has 0 bridgehead atoms. The van der Waals surface area contributed by atoms with Crippen LogP contribution in [0.25, 0.3) is 0 Å². The Kier molecular flexibility index (Phi) is 19.8. The van der Waals surface area contributed by atoms with Gasteiger partial charge in [0.1, 0.15) is 24.7 Å². The van der Waals surface area contributed by atoms with Crippen molar-refractivity contribution in [3.05, 3.63) is 85.0 Å². The third-order valence-corrected chi connectivity index (χ3v) is 5.10. The quantitative estimate of drug-likeness (QED) is 0.165. The maximum atomic E-state index is 10.6. The number of hydrogen-bond donors (Lipinski definition) is 2. The highest BCUT2D eigenvalue weighted by atomic mass is 16.6. The van der Waals surface area contributed by atoms with Crippen molar-refractivity contribution < 1.29 is 29.3 Å². The third-order valence-electron chi connectivity index (χ3n) is 5.10. The van der Waals surface area contributed by atoms with Gasteiger partial charge >= 0.3 is 11.9 Å². The van der Waals surface area contributed by atoms with E-state index in [4.69, 9.17) is 14.6 Å². The van der Waals surface area contributed by atoms with Gasteiger partial charge in [-0.1, -0.05) is 88.9 Å². The molecule has 198 valence electrons. The van der Waals surface area contributed by atoms with Crippen molar-refractivity contribution in [1.82, 2.24) is 0 Å². The molecule has 0 aromatic heterocycles. The number of unbranched alkanes of at least 4 members (excludes halogenated alkanes) is 6. The first-order valence-corrected chi connectivity index (χ1v) is 12.5. The van der Waals surface area contributed by atoms with E-state index in [0.29, 0.717) is 12.4 Å². The summed E-state index contributed by atoms with van der Waals surface area (Å²) in [6.45, 7) is 11.2. The molecule has 0 aliphatic carbocycles. The lowest BCUT2D eigenvalue weighted by Gasteiger charge is -2.08. The van der Waals surface area contributed by atoms with Crippen LogP contribution in [0.15, 0.2) is 73.8 Å². The van der Waals surface area contributed by atoms with Crippen LogP contribution in [-0.2, 0) is 20.7 Å². The summed E-state index contributed by atoms with van der Waals surface area (Å²) < 4.78 is 10.0. The van der Waals surface area contributed by atoms with E-state index in [-0.39, 0.29) is 6.61 Å². The first-order chi connectivity index (χ1) is 17.3. The number of rotatable bonds is 14. The summed E-state index contributed by atoms with van der Waals surface area (Å²) in [6.07, 6.45) is 12.2. The third kappa shape index (κ3) is 17.9. The monoisotopic (exact) mass is 498 g/mol. The number of aliphatic carboxylic acids is 1. The van der Waals surface area contributed by atoms with Gasteiger partial charge in [-0.2, -0.15) is 0 Å². The number of aryl methyl sites for hydroxylation is 1. The average Bonchev–Trinajstić information content (AvgIpc) is 2.88. The molecule has 6 heteroatoms. The molecule has 0 unspecified atom stereocenters. The van der Waals surface area contributed by atoms with Crippen LogP contribution in [0.3, 0.4) is 0 Å².